The van der Waals surface area contributed by atoms with Crippen LogP contribution in [0.2, 0.25) is 0 Å². The number of fused-ring (bicyclic) bond motifs is 1. The summed E-state index contributed by atoms with van der Waals surface area (Å²) in [5.41, 5.74) is 2.89. The predicted octanol–water partition coefficient (Wildman–Crippen LogP) is 4.65. The van der Waals surface area contributed by atoms with E-state index in [2.05, 4.69) is 18.9 Å². The van der Waals surface area contributed by atoms with Gasteiger partial charge >= 0.3 is 0 Å². The fraction of sp³-hybridized carbons (Fsp3) is 0.476. The molecule has 4 heteroatoms. The maximum Gasteiger partial charge on any atom is 0.168 e. The largest absolute Gasteiger partial charge is 0.294 e. The molecule has 1 aliphatic carbocycles. The van der Waals surface area contributed by atoms with Crippen LogP contribution in [0.5, 0.6) is 0 Å². The molecular formula is C21H26N2O2. The van der Waals surface area contributed by atoms with Crippen LogP contribution in [0.25, 0.3) is 5.69 Å². The third-order valence-corrected chi connectivity index (χ3v) is 5.33. The lowest BCUT2D eigenvalue weighted by Gasteiger charge is -2.29. The minimum atomic E-state index is -0.358. The van der Waals surface area contributed by atoms with E-state index in [9.17, 15) is 9.59 Å². The molecule has 0 N–H and O–H groups in total. The highest BCUT2D eigenvalue weighted by Crippen LogP contribution is 2.35. The summed E-state index contributed by atoms with van der Waals surface area (Å²) in [6.45, 7) is 10.2. The molecule has 0 aliphatic heterocycles. The standard InChI is InChI=1S/C21H26N2O2/c1-6-21(4,5)19(25)14-7-9-15(10-8-14)23-17-11-20(2,3)12-18(24)16(17)13-22-23/h7-10,13H,6,11-12H2,1-5H3. The Morgan fingerprint density at radius 2 is 1.84 bits per heavy atom. The summed E-state index contributed by atoms with van der Waals surface area (Å²) in [7, 11) is 0. The number of benzene rings is 1. The lowest BCUT2D eigenvalue weighted by molar-refractivity contribution is 0.0832. The third-order valence-electron chi connectivity index (χ3n) is 5.33. The van der Waals surface area contributed by atoms with Crippen LogP contribution in [0.15, 0.2) is 30.5 Å². The molecule has 132 valence electrons. The van der Waals surface area contributed by atoms with Crippen molar-refractivity contribution in [2.75, 3.05) is 0 Å². The van der Waals surface area contributed by atoms with Gasteiger partial charge in [0, 0.05) is 17.4 Å². The second-order valence-electron chi connectivity index (χ2n) is 8.47. The Labute approximate surface area is 149 Å². The Balaban J connectivity index is 1.95. The molecule has 1 aliphatic rings. The van der Waals surface area contributed by atoms with Crippen molar-refractivity contribution in [3.8, 4) is 5.69 Å². The fourth-order valence-corrected chi connectivity index (χ4v) is 3.35. The van der Waals surface area contributed by atoms with Gasteiger partial charge in [0.25, 0.3) is 0 Å². The summed E-state index contributed by atoms with van der Waals surface area (Å²) >= 11 is 0. The van der Waals surface area contributed by atoms with Crippen molar-refractivity contribution < 1.29 is 9.59 Å². The van der Waals surface area contributed by atoms with E-state index in [1.165, 1.54) is 0 Å². The van der Waals surface area contributed by atoms with E-state index in [1.54, 1.807) is 6.20 Å². The molecule has 4 nitrogen and oxygen atoms in total. The number of aromatic nitrogens is 2. The Morgan fingerprint density at radius 1 is 1.20 bits per heavy atom. The average Bonchev–Trinajstić information content (AvgIpc) is 2.97. The molecule has 1 heterocycles. The zero-order chi connectivity index (χ0) is 18.4. The minimum Gasteiger partial charge on any atom is -0.294 e. The average molecular weight is 338 g/mol. The van der Waals surface area contributed by atoms with Crippen molar-refractivity contribution in [1.29, 1.82) is 0 Å². The van der Waals surface area contributed by atoms with Crippen LogP contribution in [-0.2, 0) is 6.42 Å². The van der Waals surface area contributed by atoms with Crippen molar-refractivity contribution >= 4 is 11.6 Å². The summed E-state index contributed by atoms with van der Waals surface area (Å²) in [6, 6.07) is 7.55. The lowest BCUT2D eigenvalue weighted by Crippen LogP contribution is -2.27. The Kier molecular flexibility index (Phi) is 4.18. The summed E-state index contributed by atoms with van der Waals surface area (Å²) < 4.78 is 1.84. The van der Waals surface area contributed by atoms with E-state index in [-0.39, 0.29) is 22.4 Å². The van der Waals surface area contributed by atoms with Crippen LogP contribution in [0.1, 0.15) is 73.9 Å². The van der Waals surface area contributed by atoms with Gasteiger partial charge < -0.3 is 0 Å². The van der Waals surface area contributed by atoms with Gasteiger partial charge in [0.2, 0.25) is 0 Å². The molecule has 3 rings (SSSR count). The van der Waals surface area contributed by atoms with Gasteiger partial charge in [0.15, 0.2) is 11.6 Å². The molecule has 0 unspecified atom stereocenters. The van der Waals surface area contributed by atoms with Gasteiger partial charge in [-0.1, -0.05) is 34.6 Å². The number of rotatable bonds is 4. The smallest absolute Gasteiger partial charge is 0.168 e. The second kappa shape index (κ2) is 5.94. The molecule has 1 aromatic carbocycles. The number of ketones is 2. The van der Waals surface area contributed by atoms with E-state index in [0.29, 0.717) is 12.0 Å². The Hall–Kier alpha value is -2.23. The third kappa shape index (κ3) is 3.17. The molecule has 0 saturated carbocycles. The van der Waals surface area contributed by atoms with E-state index in [1.807, 2.05) is 49.7 Å². The van der Waals surface area contributed by atoms with Gasteiger partial charge in [-0.25, -0.2) is 4.68 Å². The summed E-state index contributed by atoms with van der Waals surface area (Å²) in [4.78, 5) is 24.9. The quantitative estimate of drug-likeness (QED) is 0.763. The molecule has 0 bridgehead atoms. The number of hydrogen-bond donors (Lipinski definition) is 0. The maximum atomic E-state index is 12.6. The van der Waals surface area contributed by atoms with Crippen LogP contribution < -0.4 is 0 Å². The molecule has 0 fully saturated rings. The lowest BCUT2D eigenvalue weighted by atomic mass is 9.76. The Bertz CT molecular complexity index is 826. The number of hydrogen-bond acceptors (Lipinski definition) is 3. The predicted molar refractivity (Wildman–Crippen MR) is 98.4 cm³/mol. The first-order chi connectivity index (χ1) is 11.6. The number of carbonyl (C=O) groups is 2. The van der Waals surface area contributed by atoms with Crippen molar-refractivity contribution in [3.63, 3.8) is 0 Å². The van der Waals surface area contributed by atoms with Gasteiger partial charge in [-0.15, -0.1) is 0 Å². The monoisotopic (exact) mass is 338 g/mol. The van der Waals surface area contributed by atoms with Crippen molar-refractivity contribution in [1.82, 2.24) is 9.78 Å². The van der Waals surface area contributed by atoms with E-state index >= 15 is 0 Å². The first-order valence-electron chi connectivity index (χ1n) is 8.90. The molecule has 0 atom stereocenters. The van der Waals surface area contributed by atoms with Crippen LogP contribution in [0.4, 0.5) is 0 Å². The zero-order valence-corrected chi connectivity index (χ0v) is 15.7. The van der Waals surface area contributed by atoms with Gasteiger partial charge in [-0.3, -0.25) is 9.59 Å². The van der Waals surface area contributed by atoms with Gasteiger partial charge in [-0.2, -0.15) is 5.10 Å². The molecule has 0 spiro atoms. The second-order valence-corrected chi connectivity index (χ2v) is 8.47. The van der Waals surface area contributed by atoms with Crippen LogP contribution in [0, 0.1) is 10.8 Å². The highest BCUT2D eigenvalue weighted by atomic mass is 16.1. The number of nitrogens with zero attached hydrogens (tertiary/aromatic N) is 2. The fourth-order valence-electron chi connectivity index (χ4n) is 3.35. The highest BCUT2D eigenvalue weighted by molar-refractivity contribution is 6.00. The van der Waals surface area contributed by atoms with Crippen LogP contribution in [-0.4, -0.2) is 21.3 Å². The normalized spacial score (nSPS) is 16.6. The van der Waals surface area contributed by atoms with E-state index in [4.69, 9.17) is 0 Å². The molecule has 2 aromatic rings. The molecule has 1 aromatic heterocycles. The SMILES string of the molecule is CCC(C)(C)C(=O)c1ccc(-n2ncc3c2CC(C)(C)CC3=O)cc1. The van der Waals surface area contributed by atoms with Crippen molar-refractivity contribution in [3.05, 3.63) is 47.3 Å². The first kappa shape index (κ1) is 17.6. The van der Waals surface area contributed by atoms with Crippen molar-refractivity contribution in [2.45, 2.75) is 53.9 Å². The molecule has 0 saturated heterocycles. The first-order valence-corrected chi connectivity index (χ1v) is 8.90. The van der Waals surface area contributed by atoms with Crippen LogP contribution in [0.3, 0.4) is 0 Å². The maximum absolute atomic E-state index is 12.6. The molecule has 25 heavy (non-hydrogen) atoms. The summed E-state index contributed by atoms with van der Waals surface area (Å²) in [5, 5.41) is 4.43. The Morgan fingerprint density at radius 3 is 2.44 bits per heavy atom. The summed E-state index contributed by atoms with van der Waals surface area (Å²) in [5.74, 6) is 0.314. The van der Waals surface area contributed by atoms with Crippen LogP contribution >= 0.6 is 0 Å². The van der Waals surface area contributed by atoms with Gasteiger partial charge in [-0.05, 0) is 42.5 Å². The van der Waals surface area contributed by atoms with E-state index < -0.39 is 0 Å². The molecular weight excluding hydrogens is 312 g/mol. The highest BCUT2D eigenvalue weighted by Gasteiger charge is 2.34. The van der Waals surface area contributed by atoms with E-state index in [0.717, 1.165) is 29.8 Å². The van der Waals surface area contributed by atoms with Crippen molar-refractivity contribution in [2.24, 2.45) is 10.8 Å². The topological polar surface area (TPSA) is 52.0 Å². The van der Waals surface area contributed by atoms with Gasteiger partial charge in [0.1, 0.15) is 0 Å². The summed E-state index contributed by atoms with van der Waals surface area (Å²) in [6.07, 6.45) is 3.85. The molecule has 0 radical (unpaired) electrons. The zero-order valence-electron chi connectivity index (χ0n) is 15.7. The van der Waals surface area contributed by atoms with Gasteiger partial charge in [0.05, 0.1) is 23.1 Å². The molecule has 0 amide bonds. The number of Topliss-reactive ketones (excluding diaryl/α,β-unsaturated/α-hetero) is 2. The number of carbonyl (C=O) groups excluding carboxylic acids is 2. The minimum absolute atomic E-state index is 0.0527.